The molecule has 1 aliphatic heterocycles. The Balaban J connectivity index is 1.68. The van der Waals surface area contributed by atoms with Crippen LogP contribution < -0.4 is 14.7 Å². The lowest BCUT2D eigenvalue weighted by Gasteiger charge is -2.36. The van der Waals surface area contributed by atoms with Crippen molar-refractivity contribution in [3.05, 3.63) is 41.1 Å². The molecule has 0 radical (unpaired) electrons. The van der Waals surface area contributed by atoms with Crippen molar-refractivity contribution in [1.29, 1.82) is 0 Å². The second-order valence-corrected chi connectivity index (χ2v) is 6.50. The Morgan fingerprint density at radius 1 is 1.00 bits per heavy atom. The van der Waals surface area contributed by atoms with Crippen molar-refractivity contribution in [2.24, 2.45) is 0 Å². The van der Waals surface area contributed by atoms with Gasteiger partial charge in [-0.1, -0.05) is 22.0 Å². The highest BCUT2D eigenvalue weighted by Gasteiger charge is 2.19. The van der Waals surface area contributed by atoms with Crippen molar-refractivity contribution in [1.82, 2.24) is 9.97 Å². The molecule has 22 heavy (non-hydrogen) atoms. The quantitative estimate of drug-likeness (QED) is 0.839. The lowest BCUT2D eigenvalue weighted by atomic mass is 10.2. The first-order valence-corrected chi connectivity index (χ1v) is 8.17. The van der Waals surface area contributed by atoms with Crippen LogP contribution in [0.2, 0.25) is 0 Å². The van der Waals surface area contributed by atoms with Crippen molar-refractivity contribution in [3.8, 4) is 0 Å². The van der Waals surface area contributed by atoms with Gasteiger partial charge in [-0.3, -0.25) is 0 Å². The summed E-state index contributed by atoms with van der Waals surface area (Å²) in [6.45, 7) is 3.93. The normalized spacial score (nSPS) is 15.0. The first-order valence-electron chi connectivity index (χ1n) is 7.38. The minimum atomic E-state index is 0.944. The predicted molar refractivity (Wildman–Crippen MR) is 94.9 cm³/mol. The van der Waals surface area contributed by atoms with Gasteiger partial charge in [-0.25, -0.2) is 9.97 Å². The van der Waals surface area contributed by atoms with Gasteiger partial charge < -0.3 is 14.7 Å². The van der Waals surface area contributed by atoms with Crippen LogP contribution in [-0.2, 0) is 0 Å². The molecule has 5 nitrogen and oxygen atoms in total. The first kappa shape index (κ1) is 15.1. The lowest BCUT2D eigenvalue weighted by molar-refractivity contribution is 0.646. The summed E-state index contributed by atoms with van der Waals surface area (Å²) in [4.78, 5) is 15.4. The van der Waals surface area contributed by atoms with E-state index in [0.717, 1.165) is 42.3 Å². The van der Waals surface area contributed by atoms with Crippen molar-refractivity contribution in [3.63, 3.8) is 0 Å². The zero-order chi connectivity index (χ0) is 15.5. The molecule has 0 saturated carbocycles. The third-order valence-corrected chi connectivity index (χ3v) is 4.37. The molecule has 0 N–H and O–H groups in total. The van der Waals surface area contributed by atoms with E-state index in [1.807, 2.05) is 19.0 Å². The second-order valence-electron chi connectivity index (χ2n) is 5.58. The molecular weight excluding hydrogens is 342 g/mol. The monoisotopic (exact) mass is 361 g/mol. The summed E-state index contributed by atoms with van der Waals surface area (Å²) in [5, 5.41) is 0. The maximum Gasteiger partial charge on any atom is 0.134 e. The maximum absolute atomic E-state index is 4.42. The molecule has 6 heteroatoms. The molecule has 2 aromatic rings. The fourth-order valence-electron chi connectivity index (χ4n) is 2.62. The number of benzene rings is 1. The van der Waals surface area contributed by atoms with E-state index in [4.69, 9.17) is 0 Å². The summed E-state index contributed by atoms with van der Waals surface area (Å²) in [7, 11) is 3.99. The molecule has 0 aliphatic carbocycles. The summed E-state index contributed by atoms with van der Waals surface area (Å²) in [5.74, 6) is 1.95. The van der Waals surface area contributed by atoms with Gasteiger partial charge in [0, 0.05) is 56.5 Å². The van der Waals surface area contributed by atoms with Crippen LogP contribution in [0, 0.1) is 0 Å². The van der Waals surface area contributed by atoms with Gasteiger partial charge in [-0.05, 0) is 18.2 Å². The Kier molecular flexibility index (Phi) is 4.47. The zero-order valence-electron chi connectivity index (χ0n) is 12.9. The van der Waals surface area contributed by atoms with Crippen LogP contribution in [0.1, 0.15) is 0 Å². The van der Waals surface area contributed by atoms with Crippen molar-refractivity contribution >= 4 is 33.3 Å². The number of anilines is 3. The van der Waals surface area contributed by atoms with Crippen LogP contribution in [0.25, 0.3) is 0 Å². The molecule has 0 atom stereocenters. The standard InChI is InChI=1S/C16H20BrN5/c1-20(2)15-11-16(19-12-18-15)22-8-6-21(7-9-22)14-5-3-4-13(17)10-14/h3-5,10-12H,6-9H2,1-2H3. The van der Waals surface area contributed by atoms with Gasteiger partial charge in [-0.2, -0.15) is 0 Å². The van der Waals surface area contributed by atoms with Crippen LogP contribution in [0.5, 0.6) is 0 Å². The summed E-state index contributed by atoms with van der Waals surface area (Å²) in [6, 6.07) is 10.5. The van der Waals surface area contributed by atoms with E-state index in [2.05, 4.69) is 66.0 Å². The van der Waals surface area contributed by atoms with Gasteiger partial charge in [0.05, 0.1) is 0 Å². The summed E-state index contributed by atoms with van der Waals surface area (Å²) < 4.78 is 1.12. The molecule has 1 aromatic heterocycles. The smallest absolute Gasteiger partial charge is 0.134 e. The molecule has 0 bridgehead atoms. The van der Waals surface area contributed by atoms with Gasteiger partial charge in [-0.15, -0.1) is 0 Å². The number of nitrogens with zero attached hydrogens (tertiary/aromatic N) is 5. The van der Waals surface area contributed by atoms with Crippen LogP contribution in [-0.4, -0.2) is 50.2 Å². The Hall–Kier alpha value is -1.82. The van der Waals surface area contributed by atoms with Crippen LogP contribution in [0.4, 0.5) is 17.3 Å². The predicted octanol–water partition coefficient (Wildman–Crippen LogP) is 2.63. The van der Waals surface area contributed by atoms with Crippen LogP contribution >= 0.6 is 15.9 Å². The third-order valence-electron chi connectivity index (χ3n) is 3.87. The first-order chi connectivity index (χ1) is 10.6. The highest BCUT2D eigenvalue weighted by Crippen LogP contribution is 2.23. The highest BCUT2D eigenvalue weighted by molar-refractivity contribution is 9.10. The number of halogens is 1. The molecule has 1 saturated heterocycles. The molecule has 1 fully saturated rings. The number of rotatable bonds is 3. The topological polar surface area (TPSA) is 35.5 Å². The molecule has 1 aromatic carbocycles. The van der Waals surface area contributed by atoms with E-state index in [9.17, 15) is 0 Å². The molecule has 116 valence electrons. The summed E-state index contributed by atoms with van der Waals surface area (Å²) >= 11 is 3.54. The molecule has 3 rings (SSSR count). The number of hydrogen-bond acceptors (Lipinski definition) is 5. The van der Waals surface area contributed by atoms with E-state index in [-0.39, 0.29) is 0 Å². The van der Waals surface area contributed by atoms with Crippen LogP contribution in [0.15, 0.2) is 41.1 Å². The van der Waals surface area contributed by atoms with Crippen molar-refractivity contribution < 1.29 is 0 Å². The lowest BCUT2D eigenvalue weighted by Crippen LogP contribution is -2.46. The average molecular weight is 362 g/mol. The fourth-order valence-corrected chi connectivity index (χ4v) is 3.01. The second kappa shape index (κ2) is 6.52. The molecule has 0 amide bonds. The fraction of sp³-hybridized carbons (Fsp3) is 0.375. The van der Waals surface area contributed by atoms with Gasteiger partial charge in [0.2, 0.25) is 0 Å². The zero-order valence-corrected chi connectivity index (χ0v) is 14.5. The Labute approximate surface area is 139 Å². The molecule has 1 aliphatic rings. The average Bonchev–Trinajstić information content (AvgIpc) is 2.55. The van der Waals surface area contributed by atoms with Crippen LogP contribution in [0.3, 0.4) is 0 Å². The maximum atomic E-state index is 4.42. The Morgan fingerprint density at radius 3 is 2.41 bits per heavy atom. The van der Waals surface area contributed by atoms with Crippen molar-refractivity contribution in [2.75, 3.05) is 55.0 Å². The summed E-state index contributed by atoms with van der Waals surface area (Å²) in [5.41, 5.74) is 1.27. The molecular formula is C16H20BrN5. The Bertz CT molecular complexity index is 638. The van der Waals surface area contributed by atoms with E-state index < -0.39 is 0 Å². The minimum Gasteiger partial charge on any atom is -0.368 e. The van der Waals surface area contributed by atoms with Gasteiger partial charge in [0.25, 0.3) is 0 Å². The third kappa shape index (κ3) is 3.32. The van der Waals surface area contributed by atoms with Gasteiger partial charge in [0.1, 0.15) is 18.0 Å². The Morgan fingerprint density at radius 2 is 1.73 bits per heavy atom. The van der Waals surface area contributed by atoms with E-state index in [0.29, 0.717) is 0 Å². The molecule has 0 unspecified atom stereocenters. The molecule has 2 heterocycles. The summed E-state index contributed by atoms with van der Waals surface area (Å²) in [6.07, 6.45) is 1.64. The number of aromatic nitrogens is 2. The largest absolute Gasteiger partial charge is 0.368 e. The highest BCUT2D eigenvalue weighted by atomic mass is 79.9. The van der Waals surface area contributed by atoms with E-state index in [1.165, 1.54) is 5.69 Å². The van der Waals surface area contributed by atoms with Crippen molar-refractivity contribution in [2.45, 2.75) is 0 Å². The minimum absolute atomic E-state index is 0.944. The number of hydrogen-bond donors (Lipinski definition) is 0. The van der Waals surface area contributed by atoms with E-state index in [1.54, 1.807) is 6.33 Å². The van der Waals surface area contributed by atoms with Gasteiger partial charge >= 0.3 is 0 Å². The molecule has 0 spiro atoms. The SMILES string of the molecule is CN(C)c1cc(N2CCN(c3cccc(Br)c3)CC2)ncn1. The number of piperazine rings is 1. The van der Waals surface area contributed by atoms with Gasteiger partial charge in [0.15, 0.2) is 0 Å². The van der Waals surface area contributed by atoms with E-state index >= 15 is 0 Å².